The summed E-state index contributed by atoms with van der Waals surface area (Å²) in [6, 6.07) is 15.2. The second-order valence-electron chi connectivity index (χ2n) is 9.74. The van der Waals surface area contributed by atoms with Gasteiger partial charge in [0.05, 0.1) is 37.4 Å². The molecule has 0 bridgehead atoms. The van der Waals surface area contributed by atoms with Crippen LogP contribution in [-0.2, 0) is 6.42 Å². The molecule has 0 saturated carbocycles. The van der Waals surface area contributed by atoms with Crippen molar-refractivity contribution in [2.75, 3.05) is 20.3 Å². The molecule has 0 fully saturated rings. The zero-order valence-corrected chi connectivity index (χ0v) is 24.2. The number of methoxy groups -OCH3 is 1. The number of fused-ring (bicyclic) bond motifs is 1. The van der Waals surface area contributed by atoms with E-state index in [1.165, 1.54) is 4.68 Å². The Bertz CT molecular complexity index is 1620. The van der Waals surface area contributed by atoms with Crippen molar-refractivity contribution in [3.8, 4) is 28.6 Å². The van der Waals surface area contributed by atoms with Crippen LogP contribution in [0.15, 0.2) is 71.1 Å². The monoisotopic (exact) mass is 539 g/mol. The molecule has 3 aromatic carbocycles. The van der Waals surface area contributed by atoms with Crippen LogP contribution in [-0.4, -0.2) is 36.2 Å². The highest BCUT2D eigenvalue weighted by Crippen LogP contribution is 2.35. The molecule has 0 amide bonds. The maximum Gasteiger partial charge on any atom is 0.282 e. The van der Waals surface area contributed by atoms with Crippen molar-refractivity contribution in [1.82, 2.24) is 9.66 Å². The molecule has 0 saturated heterocycles. The number of ether oxygens (including phenoxy) is 3. The fourth-order valence-corrected chi connectivity index (χ4v) is 4.76. The molecule has 0 N–H and O–H groups in total. The number of nitrogens with zero attached hydrogens (tertiary/aromatic N) is 3. The van der Waals surface area contributed by atoms with E-state index in [1.54, 1.807) is 19.4 Å². The highest BCUT2D eigenvalue weighted by Gasteiger charge is 2.19. The maximum absolute atomic E-state index is 13.8. The van der Waals surface area contributed by atoms with Gasteiger partial charge in [-0.05, 0) is 86.2 Å². The average Bonchev–Trinajstić information content (AvgIpc) is 2.93. The molecule has 0 aliphatic carbocycles. The first kappa shape index (κ1) is 28.6. The molecule has 4 rings (SSSR count). The zero-order chi connectivity index (χ0) is 28.8. The van der Waals surface area contributed by atoms with Crippen LogP contribution in [0.1, 0.15) is 55.9 Å². The van der Waals surface area contributed by atoms with Gasteiger partial charge in [-0.25, -0.2) is 4.98 Å². The molecule has 0 aliphatic heterocycles. The van der Waals surface area contributed by atoms with Crippen LogP contribution in [0.3, 0.4) is 0 Å². The Kier molecular flexibility index (Phi) is 9.04. The lowest BCUT2D eigenvalue weighted by Gasteiger charge is -2.18. The van der Waals surface area contributed by atoms with Crippen molar-refractivity contribution in [1.29, 1.82) is 0 Å². The van der Waals surface area contributed by atoms with Gasteiger partial charge in [0.15, 0.2) is 17.3 Å². The van der Waals surface area contributed by atoms with Crippen LogP contribution in [0.25, 0.3) is 22.3 Å². The highest BCUT2D eigenvalue weighted by atomic mass is 16.5. The first-order chi connectivity index (χ1) is 19.3. The normalized spacial score (nSPS) is 11.4. The minimum Gasteiger partial charge on any atom is -0.494 e. The van der Waals surface area contributed by atoms with E-state index in [0.29, 0.717) is 47.9 Å². The molecular weight excluding hydrogens is 502 g/mol. The van der Waals surface area contributed by atoms with Gasteiger partial charge < -0.3 is 14.2 Å². The molecule has 0 unspecified atom stereocenters. The zero-order valence-electron chi connectivity index (χ0n) is 24.2. The van der Waals surface area contributed by atoms with Gasteiger partial charge in [0.2, 0.25) is 0 Å². The number of allylic oxidation sites excluding steroid dienone is 1. The van der Waals surface area contributed by atoms with Gasteiger partial charge in [0.25, 0.3) is 5.56 Å². The summed E-state index contributed by atoms with van der Waals surface area (Å²) in [5.41, 5.74) is 4.85. The van der Waals surface area contributed by atoms with Crippen LogP contribution in [0.4, 0.5) is 0 Å². The van der Waals surface area contributed by atoms with Crippen molar-refractivity contribution in [2.45, 2.75) is 47.0 Å². The Morgan fingerprint density at radius 1 is 1.05 bits per heavy atom. The topological polar surface area (TPSA) is 74.9 Å². The number of hydrogen-bond acceptors (Lipinski definition) is 6. The van der Waals surface area contributed by atoms with Crippen molar-refractivity contribution in [3.05, 3.63) is 93.8 Å². The van der Waals surface area contributed by atoms with E-state index in [9.17, 15) is 4.79 Å². The van der Waals surface area contributed by atoms with Crippen molar-refractivity contribution < 1.29 is 14.2 Å². The number of para-hydroxylation sites is 1. The number of rotatable bonds is 11. The van der Waals surface area contributed by atoms with Gasteiger partial charge in [-0.1, -0.05) is 32.1 Å². The second-order valence-corrected chi connectivity index (χ2v) is 9.74. The summed E-state index contributed by atoms with van der Waals surface area (Å²) >= 11 is 0. The Labute approximate surface area is 235 Å². The number of benzene rings is 3. The second kappa shape index (κ2) is 12.6. The van der Waals surface area contributed by atoms with Gasteiger partial charge in [-0.15, -0.1) is 6.58 Å². The van der Waals surface area contributed by atoms with Crippen molar-refractivity contribution in [2.24, 2.45) is 5.10 Å². The van der Waals surface area contributed by atoms with Gasteiger partial charge in [-0.3, -0.25) is 4.79 Å². The van der Waals surface area contributed by atoms with Crippen molar-refractivity contribution in [3.63, 3.8) is 0 Å². The minimum absolute atomic E-state index is 0.213. The average molecular weight is 540 g/mol. The first-order valence-electron chi connectivity index (χ1n) is 13.6. The lowest BCUT2D eigenvalue weighted by Crippen LogP contribution is -2.21. The third-order valence-electron chi connectivity index (χ3n) is 6.62. The summed E-state index contributed by atoms with van der Waals surface area (Å²) in [7, 11) is 1.62. The molecule has 4 aromatic rings. The quantitative estimate of drug-likeness (QED) is 0.153. The van der Waals surface area contributed by atoms with Crippen molar-refractivity contribution >= 4 is 17.1 Å². The summed E-state index contributed by atoms with van der Waals surface area (Å²) in [5, 5.41) is 5.19. The fraction of sp³-hybridized carbons (Fsp3) is 0.303. The predicted octanol–water partition coefficient (Wildman–Crippen LogP) is 6.91. The molecule has 0 radical (unpaired) electrons. The maximum atomic E-state index is 13.8. The third-order valence-corrected chi connectivity index (χ3v) is 6.62. The van der Waals surface area contributed by atoms with Crippen LogP contribution >= 0.6 is 0 Å². The van der Waals surface area contributed by atoms with Crippen LogP contribution in [0, 0.1) is 6.92 Å². The molecule has 1 aromatic heterocycles. The summed E-state index contributed by atoms with van der Waals surface area (Å²) in [6.45, 7) is 15.1. The molecule has 0 aliphatic rings. The molecule has 0 atom stereocenters. The summed E-state index contributed by atoms with van der Waals surface area (Å²) in [6.07, 6.45) is 4.06. The molecule has 7 heteroatoms. The van der Waals surface area contributed by atoms with E-state index in [2.05, 4.69) is 26.5 Å². The predicted molar refractivity (Wildman–Crippen MR) is 162 cm³/mol. The molecular formula is C33H37N3O4. The smallest absolute Gasteiger partial charge is 0.282 e. The highest BCUT2D eigenvalue weighted by molar-refractivity contribution is 5.83. The lowest BCUT2D eigenvalue weighted by atomic mass is 9.96. The number of hydrogen-bond donors (Lipinski definition) is 0. The number of aryl methyl sites for hydroxylation is 1. The molecule has 208 valence electrons. The fourth-order valence-electron chi connectivity index (χ4n) is 4.76. The minimum atomic E-state index is -0.249. The van der Waals surface area contributed by atoms with Gasteiger partial charge >= 0.3 is 0 Å². The Morgan fingerprint density at radius 3 is 2.45 bits per heavy atom. The molecule has 7 nitrogen and oxygen atoms in total. The molecule has 1 heterocycles. The van der Waals surface area contributed by atoms with Gasteiger partial charge in [0.1, 0.15) is 5.75 Å². The van der Waals surface area contributed by atoms with Gasteiger partial charge in [0, 0.05) is 11.1 Å². The van der Waals surface area contributed by atoms with Crippen LogP contribution in [0.2, 0.25) is 0 Å². The lowest BCUT2D eigenvalue weighted by molar-refractivity contribution is 0.309. The number of aromatic nitrogens is 2. The Morgan fingerprint density at radius 2 is 1.77 bits per heavy atom. The Balaban J connectivity index is 1.96. The van der Waals surface area contributed by atoms with E-state index in [-0.39, 0.29) is 11.5 Å². The third kappa shape index (κ3) is 5.78. The first-order valence-corrected chi connectivity index (χ1v) is 13.6. The van der Waals surface area contributed by atoms with Crippen LogP contribution < -0.4 is 19.8 Å². The summed E-state index contributed by atoms with van der Waals surface area (Å²) in [4.78, 5) is 18.7. The standard InChI is InChI=1S/C33H37N3O4/c1-8-13-24-17-23(18-30(40-10-3)31(24)38-7)20-34-36-32(35-28-15-12-11-14-25(28)33(36)37)27-19-26(21(4)5)29(39-9-2)16-22(27)6/h8,11-12,14-21H,1,9-10,13H2,2-7H3. The summed E-state index contributed by atoms with van der Waals surface area (Å²) < 4.78 is 18.8. The molecule has 0 spiro atoms. The summed E-state index contributed by atoms with van der Waals surface area (Å²) in [5.74, 6) is 2.79. The van der Waals surface area contributed by atoms with Crippen LogP contribution in [0.5, 0.6) is 17.2 Å². The van der Waals surface area contributed by atoms with E-state index >= 15 is 0 Å². The van der Waals surface area contributed by atoms with E-state index in [4.69, 9.17) is 24.3 Å². The largest absolute Gasteiger partial charge is 0.494 e. The van der Waals surface area contributed by atoms with Gasteiger partial charge in [-0.2, -0.15) is 9.78 Å². The van der Waals surface area contributed by atoms with E-state index in [1.807, 2.05) is 63.2 Å². The Hall–Kier alpha value is -4.39. The molecule has 40 heavy (non-hydrogen) atoms. The van der Waals surface area contributed by atoms with E-state index < -0.39 is 0 Å². The van der Waals surface area contributed by atoms with E-state index in [0.717, 1.165) is 33.6 Å². The SMILES string of the molecule is C=CCc1cc(C=Nn2c(-c3cc(C(C)C)c(OCC)cc3C)nc3ccccc3c2=O)cc(OCC)c1OC.